The number of rotatable bonds is 0. The minimum atomic E-state index is 1.02. The molecule has 0 aromatic carbocycles. The van der Waals surface area contributed by atoms with Crippen LogP contribution in [0.2, 0.25) is 0 Å². The quantitative estimate of drug-likeness (QED) is 0.426. The molecular formula is C8H5NO. The van der Waals surface area contributed by atoms with E-state index < -0.39 is 0 Å². The first-order valence-electron chi connectivity index (χ1n) is 3.23. The third kappa shape index (κ3) is 0.365. The summed E-state index contributed by atoms with van der Waals surface area (Å²) in [6.07, 6.45) is 4.01. The summed E-state index contributed by atoms with van der Waals surface area (Å²) in [5.74, 6) is 2.06. The fraction of sp³-hybridized carbons (Fsp3) is 0. The molecular weight excluding hydrogens is 126 g/mol. The molecule has 0 unspecified atom stereocenters. The van der Waals surface area contributed by atoms with Crippen LogP contribution in [0.3, 0.4) is 0 Å². The Morgan fingerprint density at radius 2 is 2.30 bits per heavy atom. The highest BCUT2D eigenvalue weighted by atomic mass is 16.6. The lowest BCUT2D eigenvalue weighted by molar-refractivity contribution is 0.641. The SMILES string of the molecule is c1ccn2cc3c(c2c1)O3. The van der Waals surface area contributed by atoms with Crippen molar-refractivity contribution in [3.05, 3.63) is 30.6 Å². The van der Waals surface area contributed by atoms with Crippen LogP contribution in [0, 0.1) is 0 Å². The van der Waals surface area contributed by atoms with Crippen molar-refractivity contribution < 1.29 is 4.74 Å². The molecule has 0 atom stereocenters. The van der Waals surface area contributed by atoms with Gasteiger partial charge in [0.25, 0.3) is 0 Å². The van der Waals surface area contributed by atoms with Crippen LogP contribution in [0.15, 0.2) is 30.6 Å². The lowest BCUT2D eigenvalue weighted by Crippen LogP contribution is -1.79. The summed E-state index contributed by atoms with van der Waals surface area (Å²) < 4.78 is 7.20. The second-order valence-corrected chi connectivity index (χ2v) is 2.42. The number of fused-ring (bicyclic) bond motifs is 3. The van der Waals surface area contributed by atoms with Crippen LogP contribution in [0.4, 0.5) is 0 Å². The number of hydrogen-bond acceptors (Lipinski definition) is 1. The van der Waals surface area contributed by atoms with Gasteiger partial charge in [-0.3, -0.25) is 0 Å². The third-order valence-corrected chi connectivity index (χ3v) is 1.77. The molecule has 0 aliphatic carbocycles. The van der Waals surface area contributed by atoms with Gasteiger partial charge in [-0.05, 0) is 12.1 Å². The van der Waals surface area contributed by atoms with Gasteiger partial charge in [0.2, 0.25) is 0 Å². The van der Waals surface area contributed by atoms with E-state index in [4.69, 9.17) is 4.74 Å². The highest BCUT2D eigenvalue weighted by Gasteiger charge is 2.25. The highest BCUT2D eigenvalue weighted by Crippen LogP contribution is 2.49. The van der Waals surface area contributed by atoms with Gasteiger partial charge in [0.15, 0.2) is 11.5 Å². The first kappa shape index (κ1) is 4.39. The maximum Gasteiger partial charge on any atom is 0.195 e. The Bertz CT molecular complexity index is 403. The molecule has 3 rings (SSSR count). The van der Waals surface area contributed by atoms with Gasteiger partial charge in [0, 0.05) is 6.20 Å². The molecule has 48 valence electrons. The lowest BCUT2D eigenvalue weighted by atomic mass is 10.4. The zero-order valence-corrected chi connectivity index (χ0v) is 5.24. The van der Waals surface area contributed by atoms with Gasteiger partial charge in [-0.2, -0.15) is 0 Å². The van der Waals surface area contributed by atoms with Crippen molar-refractivity contribution in [1.82, 2.24) is 4.40 Å². The summed E-state index contributed by atoms with van der Waals surface area (Å²) in [6, 6.07) is 6.06. The topological polar surface area (TPSA) is 16.9 Å². The number of ether oxygens (including phenoxy) is 1. The minimum absolute atomic E-state index is 1.02. The average molecular weight is 131 g/mol. The Balaban J connectivity index is 2.60. The second kappa shape index (κ2) is 1.19. The van der Waals surface area contributed by atoms with E-state index in [0.29, 0.717) is 0 Å². The zero-order chi connectivity index (χ0) is 6.55. The van der Waals surface area contributed by atoms with Gasteiger partial charge in [0.1, 0.15) is 0 Å². The van der Waals surface area contributed by atoms with E-state index in [-0.39, 0.29) is 0 Å². The average Bonchev–Trinajstić information content (AvgIpc) is 2.64. The van der Waals surface area contributed by atoms with E-state index in [1.807, 2.05) is 30.6 Å². The van der Waals surface area contributed by atoms with Crippen LogP contribution >= 0.6 is 0 Å². The molecule has 2 aromatic rings. The highest BCUT2D eigenvalue weighted by molar-refractivity contribution is 5.76. The van der Waals surface area contributed by atoms with E-state index in [1.54, 1.807) is 0 Å². The molecule has 0 amide bonds. The third-order valence-electron chi connectivity index (χ3n) is 1.77. The molecule has 1 aliphatic heterocycles. The molecule has 2 heteroatoms. The number of nitrogens with zero attached hydrogens (tertiary/aromatic N) is 1. The van der Waals surface area contributed by atoms with E-state index >= 15 is 0 Å². The van der Waals surface area contributed by atoms with Crippen LogP contribution in [-0.4, -0.2) is 4.40 Å². The predicted octanol–water partition coefficient (Wildman–Crippen LogP) is 2.04. The van der Waals surface area contributed by atoms with Crippen LogP contribution in [0.1, 0.15) is 0 Å². The van der Waals surface area contributed by atoms with E-state index in [1.165, 1.54) is 0 Å². The lowest BCUT2D eigenvalue weighted by Gasteiger charge is -1.91. The van der Waals surface area contributed by atoms with Crippen molar-refractivity contribution in [2.45, 2.75) is 0 Å². The van der Waals surface area contributed by atoms with Gasteiger partial charge in [-0.1, -0.05) is 6.07 Å². The Labute approximate surface area is 57.7 Å². The molecule has 1 aliphatic rings. The normalized spacial score (nSPS) is 12.8. The first-order valence-corrected chi connectivity index (χ1v) is 3.23. The molecule has 0 spiro atoms. The van der Waals surface area contributed by atoms with Crippen molar-refractivity contribution in [2.24, 2.45) is 0 Å². The Morgan fingerprint density at radius 3 is 3.20 bits per heavy atom. The van der Waals surface area contributed by atoms with Gasteiger partial charge in [-0.15, -0.1) is 0 Å². The fourth-order valence-electron chi connectivity index (χ4n) is 1.24. The van der Waals surface area contributed by atoms with Crippen molar-refractivity contribution in [2.75, 3.05) is 0 Å². The smallest absolute Gasteiger partial charge is 0.195 e. The Hall–Kier alpha value is -1.44. The summed E-state index contributed by atoms with van der Waals surface area (Å²) in [7, 11) is 0. The summed E-state index contributed by atoms with van der Waals surface area (Å²) in [5, 5.41) is 0. The van der Waals surface area contributed by atoms with Crippen molar-refractivity contribution in [3.8, 4) is 11.5 Å². The summed E-state index contributed by atoms with van der Waals surface area (Å²) in [5.41, 5.74) is 1.16. The number of pyridine rings is 1. The van der Waals surface area contributed by atoms with Crippen molar-refractivity contribution in [3.63, 3.8) is 0 Å². The number of aromatic nitrogens is 1. The van der Waals surface area contributed by atoms with Crippen LogP contribution in [0.5, 0.6) is 11.5 Å². The van der Waals surface area contributed by atoms with E-state index in [0.717, 1.165) is 17.0 Å². The maximum atomic E-state index is 5.14. The zero-order valence-electron chi connectivity index (χ0n) is 5.24. The molecule has 0 bridgehead atoms. The van der Waals surface area contributed by atoms with Crippen LogP contribution < -0.4 is 4.74 Å². The molecule has 0 radical (unpaired) electrons. The second-order valence-electron chi connectivity index (χ2n) is 2.42. The fourth-order valence-corrected chi connectivity index (χ4v) is 1.24. The van der Waals surface area contributed by atoms with Crippen LogP contribution in [0.25, 0.3) is 5.52 Å². The first-order chi connectivity index (χ1) is 4.95. The largest absolute Gasteiger partial charge is 0.446 e. The predicted molar refractivity (Wildman–Crippen MR) is 37.5 cm³/mol. The summed E-state index contributed by atoms with van der Waals surface area (Å²) in [6.45, 7) is 0. The minimum Gasteiger partial charge on any atom is -0.446 e. The van der Waals surface area contributed by atoms with E-state index in [9.17, 15) is 0 Å². The van der Waals surface area contributed by atoms with Gasteiger partial charge in [-0.25, -0.2) is 0 Å². The molecule has 10 heavy (non-hydrogen) atoms. The number of hydrogen-bond donors (Lipinski definition) is 0. The standard InChI is InChI=1S/C8H5NO/c1-2-4-9-5-7-8(10-7)6(9)3-1/h1-5H. The van der Waals surface area contributed by atoms with Gasteiger partial charge < -0.3 is 9.14 Å². The molecule has 0 saturated heterocycles. The maximum absolute atomic E-state index is 5.14. The molecule has 2 aromatic heterocycles. The summed E-state index contributed by atoms with van der Waals surface area (Å²) in [4.78, 5) is 0. The van der Waals surface area contributed by atoms with Crippen molar-refractivity contribution >= 4 is 5.52 Å². The molecule has 0 saturated carbocycles. The van der Waals surface area contributed by atoms with Crippen LogP contribution in [-0.2, 0) is 0 Å². The van der Waals surface area contributed by atoms with E-state index in [2.05, 4.69) is 4.40 Å². The Morgan fingerprint density at radius 1 is 1.30 bits per heavy atom. The van der Waals surface area contributed by atoms with Gasteiger partial charge in [0.05, 0.1) is 11.7 Å². The van der Waals surface area contributed by atoms with Crippen molar-refractivity contribution in [1.29, 1.82) is 0 Å². The summed E-state index contributed by atoms with van der Waals surface area (Å²) >= 11 is 0. The molecule has 3 heterocycles. The van der Waals surface area contributed by atoms with Gasteiger partial charge >= 0.3 is 0 Å². The molecule has 0 N–H and O–H groups in total. The molecule has 0 fully saturated rings. The monoisotopic (exact) mass is 131 g/mol. The molecule has 2 nitrogen and oxygen atoms in total. The Kier molecular flexibility index (Phi) is 0.520.